The van der Waals surface area contributed by atoms with Gasteiger partial charge in [0.2, 0.25) is 0 Å². The molecule has 3 amide bonds. The highest BCUT2D eigenvalue weighted by atomic mass is 16.3. The lowest BCUT2D eigenvalue weighted by Crippen LogP contribution is -2.26. The summed E-state index contributed by atoms with van der Waals surface area (Å²) in [5, 5.41) is 14.1. The predicted octanol–water partition coefficient (Wildman–Crippen LogP) is 0.678. The molecular formula is C12H17N3O3. The second kappa shape index (κ2) is 6.61. The van der Waals surface area contributed by atoms with Crippen LogP contribution in [0.3, 0.4) is 0 Å². The molecule has 0 aliphatic rings. The molecule has 0 saturated heterocycles. The van der Waals surface area contributed by atoms with Gasteiger partial charge in [-0.1, -0.05) is 0 Å². The topological polar surface area (TPSA) is 104 Å². The van der Waals surface area contributed by atoms with Crippen LogP contribution >= 0.6 is 0 Å². The highest BCUT2D eigenvalue weighted by molar-refractivity contribution is 5.95. The standard InChI is InChI=1S/C12H17N3O3/c1-8(16)6-7-14-11(17)9-2-4-10(5-3-9)15-12(13)18/h2-5,8,16H,6-7H2,1H3,(H,14,17)(H3,13,15,18). The van der Waals surface area contributed by atoms with E-state index < -0.39 is 12.1 Å². The van der Waals surface area contributed by atoms with Crippen LogP contribution in [0.15, 0.2) is 24.3 Å². The number of carbonyl (C=O) groups is 2. The first-order valence-electron chi connectivity index (χ1n) is 5.62. The summed E-state index contributed by atoms with van der Waals surface area (Å²) in [5.41, 5.74) is 5.98. The average molecular weight is 251 g/mol. The number of primary amides is 1. The number of urea groups is 1. The van der Waals surface area contributed by atoms with Crippen LogP contribution in [0, 0.1) is 0 Å². The van der Waals surface area contributed by atoms with E-state index in [4.69, 9.17) is 10.8 Å². The molecule has 1 aromatic carbocycles. The van der Waals surface area contributed by atoms with Gasteiger partial charge in [0.15, 0.2) is 0 Å². The second-order valence-electron chi connectivity index (χ2n) is 3.96. The van der Waals surface area contributed by atoms with E-state index >= 15 is 0 Å². The lowest BCUT2D eigenvalue weighted by atomic mass is 10.2. The molecular weight excluding hydrogens is 234 g/mol. The van der Waals surface area contributed by atoms with Crippen LogP contribution in [0.1, 0.15) is 23.7 Å². The third-order valence-electron chi connectivity index (χ3n) is 2.26. The van der Waals surface area contributed by atoms with E-state index in [0.717, 1.165) is 0 Å². The molecule has 6 nitrogen and oxygen atoms in total. The zero-order valence-corrected chi connectivity index (χ0v) is 10.1. The van der Waals surface area contributed by atoms with Crippen LogP contribution in [0.4, 0.5) is 10.5 Å². The molecule has 1 atom stereocenters. The maximum atomic E-state index is 11.7. The maximum Gasteiger partial charge on any atom is 0.316 e. The van der Waals surface area contributed by atoms with Gasteiger partial charge in [-0.15, -0.1) is 0 Å². The number of amides is 3. The summed E-state index contributed by atoms with van der Waals surface area (Å²) >= 11 is 0. The molecule has 0 aromatic heterocycles. The second-order valence-corrected chi connectivity index (χ2v) is 3.96. The summed E-state index contributed by atoms with van der Waals surface area (Å²) in [7, 11) is 0. The molecule has 6 heteroatoms. The number of carbonyl (C=O) groups excluding carboxylic acids is 2. The summed E-state index contributed by atoms with van der Waals surface area (Å²) in [4.78, 5) is 22.3. The van der Waals surface area contributed by atoms with Crippen LogP contribution < -0.4 is 16.4 Å². The van der Waals surface area contributed by atoms with E-state index in [1.54, 1.807) is 31.2 Å². The van der Waals surface area contributed by atoms with Crippen LogP contribution in [0.5, 0.6) is 0 Å². The molecule has 1 aromatic rings. The van der Waals surface area contributed by atoms with E-state index in [-0.39, 0.29) is 5.91 Å². The zero-order valence-electron chi connectivity index (χ0n) is 10.1. The van der Waals surface area contributed by atoms with Crippen molar-refractivity contribution in [3.8, 4) is 0 Å². The molecule has 18 heavy (non-hydrogen) atoms. The number of anilines is 1. The number of benzene rings is 1. The van der Waals surface area contributed by atoms with Gasteiger partial charge in [0, 0.05) is 17.8 Å². The molecule has 0 aliphatic carbocycles. The highest BCUT2D eigenvalue weighted by Crippen LogP contribution is 2.09. The molecule has 98 valence electrons. The third-order valence-corrected chi connectivity index (χ3v) is 2.26. The summed E-state index contributed by atoms with van der Waals surface area (Å²) in [6, 6.07) is 5.71. The highest BCUT2D eigenvalue weighted by Gasteiger charge is 2.05. The van der Waals surface area contributed by atoms with Gasteiger partial charge in [0.05, 0.1) is 6.10 Å². The van der Waals surface area contributed by atoms with E-state index in [2.05, 4.69) is 10.6 Å². The number of rotatable bonds is 5. The van der Waals surface area contributed by atoms with Crippen LogP contribution in [0.2, 0.25) is 0 Å². The summed E-state index contributed by atoms with van der Waals surface area (Å²) in [6.07, 6.45) is 0.0694. The summed E-state index contributed by atoms with van der Waals surface area (Å²) in [6.45, 7) is 2.08. The minimum absolute atomic E-state index is 0.221. The van der Waals surface area contributed by atoms with Gasteiger partial charge < -0.3 is 21.5 Å². The molecule has 0 spiro atoms. The first-order chi connectivity index (χ1) is 8.49. The van der Waals surface area contributed by atoms with E-state index in [9.17, 15) is 9.59 Å². The maximum absolute atomic E-state index is 11.7. The fourth-order valence-corrected chi connectivity index (χ4v) is 1.34. The minimum atomic E-state index is -0.649. The monoisotopic (exact) mass is 251 g/mol. The minimum Gasteiger partial charge on any atom is -0.393 e. The van der Waals surface area contributed by atoms with Crippen molar-refractivity contribution in [1.29, 1.82) is 0 Å². The van der Waals surface area contributed by atoms with Crippen molar-refractivity contribution >= 4 is 17.6 Å². The largest absolute Gasteiger partial charge is 0.393 e. The Hall–Kier alpha value is -2.08. The number of nitrogens with one attached hydrogen (secondary N) is 2. The van der Waals surface area contributed by atoms with Gasteiger partial charge in [-0.2, -0.15) is 0 Å². The van der Waals surface area contributed by atoms with E-state index in [1.165, 1.54) is 0 Å². The smallest absolute Gasteiger partial charge is 0.316 e. The van der Waals surface area contributed by atoms with Gasteiger partial charge in [0.25, 0.3) is 5.91 Å². The number of aliphatic hydroxyl groups is 1. The third kappa shape index (κ3) is 4.84. The fraction of sp³-hybridized carbons (Fsp3) is 0.333. The van der Waals surface area contributed by atoms with Crippen LogP contribution in [0.25, 0.3) is 0 Å². The molecule has 0 radical (unpaired) electrons. The Morgan fingerprint density at radius 3 is 2.44 bits per heavy atom. The normalized spacial score (nSPS) is 11.7. The van der Waals surface area contributed by atoms with Crippen LogP contribution in [-0.2, 0) is 0 Å². The predicted molar refractivity (Wildman–Crippen MR) is 68.3 cm³/mol. The van der Waals surface area contributed by atoms with Crippen molar-refractivity contribution < 1.29 is 14.7 Å². The number of hydrogen-bond acceptors (Lipinski definition) is 3. The van der Waals surface area contributed by atoms with Crippen molar-refractivity contribution in [2.45, 2.75) is 19.4 Å². The lowest BCUT2D eigenvalue weighted by molar-refractivity contribution is 0.0945. The molecule has 0 aliphatic heterocycles. The number of hydrogen-bond donors (Lipinski definition) is 4. The van der Waals surface area contributed by atoms with Crippen molar-refractivity contribution in [3.05, 3.63) is 29.8 Å². The van der Waals surface area contributed by atoms with Gasteiger partial charge in [0.1, 0.15) is 0 Å². The van der Waals surface area contributed by atoms with Crippen LogP contribution in [-0.4, -0.2) is 29.7 Å². The van der Waals surface area contributed by atoms with Crippen molar-refractivity contribution in [1.82, 2.24) is 5.32 Å². The van der Waals surface area contributed by atoms with Gasteiger partial charge >= 0.3 is 6.03 Å². The molecule has 1 unspecified atom stereocenters. The Morgan fingerprint density at radius 2 is 1.94 bits per heavy atom. The Labute approximate surface area is 105 Å². The summed E-state index contributed by atoms with van der Waals surface area (Å²) in [5.74, 6) is -0.221. The van der Waals surface area contributed by atoms with Gasteiger partial charge in [-0.05, 0) is 37.6 Å². The molecule has 0 heterocycles. The van der Waals surface area contributed by atoms with Gasteiger partial charge in [-0.25, -0.2) is 4.79 Å². The Morgan fingerprint density at radius 1 is 1.33 bits per heavy atom. The summed E-state index contributed by atoms with van der Waals surface area (Å²) < 4.78 is 0. The van der Waals surface area contributed by atoms with Crippen molar-refractivity contribution in [3.63, 3.8) is 0 Å². The SMILES string of the molecule is CC(O)CCNC(=O)c1ccc(NC(N)=O)cc1. The first kappa shape index (κ1) is 14.0. The van der Waals surface area contributed by atoms with Gasteiger partial charge in [-0.3, -0.25) is 4.79 Å². The average Bonchev–Trinajstić information content (AvgIpc) is 2.28. The first-order valence-corrected chi connectivity index (χ1v) is 5.62. The Bertz CT molecular complexity index is 415. The van der Waals surface area contributed by atoms with E-state index in [0.29, 0.717) is 24.2 Å². The fourth-order valence-electron chi connectivity index (χ4n) is 1.34. The molecule has 0 bridgehead atoms. The van der Waals surface area contributed by atoms with Crippen molar-refractivity contribution in [2.24, 2.45) is 5.73 Å². The Balaban J connectivity index is 2.51. The van der Waals surface area contributed by atoms with E-state index in [1.807, 2.05) is 0 Å². The number of aliphatic hydroxyl groups excluding tert-OH is 1. The zero-order chi connectivity index (χ0) is 13.5. The molecule has 0 fully saturated rings. The number of nitrogens with two attached hydrogens (primary N) is 1. The van der Waals surface area contributed by atoms with Crippen molar-refractivity contribution in [2.75, 3.05) is 11.9 Å². The lowest BCUT2D eigenvalue weighted by Gasteiger charge is -2.07. The molecule has 0 saturated carbocycles. The Kier molecular flexibility index (Phi) is 5.13. The quantitative estimate of drug-likeness (QED) is 0.618. The molecule has 1 rings (SSSR count). The molecule has 5 N–H and O–H groups in total.